The topological polar surface area (TPSA) is 33.1 Å². The normalized spacial score (nSPS) is 17.3. The van der Waals surface area contributed by atoms with Crippen LogP contribution in [0.3, 0.4) is 0 Å². The third-order valence-electron chi connectivity index (χ3n) is 3.61. The van der Waals surface area contributed by atoms with Gasteiger partial charge in [-0.05, 0) is 42.4 Å². The van der Waals surface area contributed by atoms with Gasteiger partial charge in [-0.2, -0.15) is 0 Å². The minimum absolute atomic E-state index is 0.0772. The molecular formula is C14H14ClNO. The average Bonchev–Trinajstić information content (AvgIpc) is 3.11. The second-order valence-corrected chi connectivity index (χ2v) is 5.32. The van der Waals surface area contributed by atoms with Crippen molar-refractivity contribution in [3.05, 3.63) is 41.0 Å². The first-order valence-electron chi connectivity index (χ1n) is 5.87. The van der Waals surface area contributed by atoms with Crippen molar-refractivity contribution in [3.63, 3.8) is 0 Å². The Labute approximate surface area is 105 Å². The second-order valence-electron chi connectivity index (χ2n) is 4.97. The third kappa shape index (κ3) is 2.03. The van der Waals surface area contributed by atoms with Crippen molar-refractivity contribution in [1.82, 2.24) is 4.98 Å². The molecule has 0 spiro atoms. The molecule has 0 unspecified atom stereocenters. The molecule has 0 bridgehead atoms. The van der Waals surface area contributed by atoms with Crippen LogP contribution in [0.15, 0.2) is 30.3 Å². The number of hydrogen-bond donors (Lipinski definition) is 1. The number of rotatable bonds is 3. The molecular weight excluding hydrogens is 234 g/mol. The van der Waals surface area contributed by atoms with Gasteiger partial charge in [0.1, 0.15) is 5.15 Å². The molecule has 0 radical (unpaired) electrons. The minimum Gasteiger partial charge on any atom is -0.396 e. The first-order chi connectivity index (χ1) is 8.22. The van der Waals surface area contributed by atoms with Gasteiger partial charge >= 0.3 is 0 Å². The lowest BCUT2D eigenvalue weighted by atomic mass is 9.97. The number of nitrogens with zero attached hydrogens (tertiary/aromatic N) is 1. The summed E-state index contributed by atoms with van der Waals surface area (Å²) >= 11 is 6.20. The van der Waals surface area contributed by atoms with Gasteiger partial charge in [0.15, 0.2) is 0 Å². The van der Waals surface area contributed by atoms with Gasteiger partial charge in [-0.25, -0.2) is 4.98 Å². The van der Waals surface area contributed by atoms with E-state index in [9.17, 15) is 5.11 Å². The Hall–Kier alpha value is -1.12. The lowest BCUT2D eigenvalue weighted by Gasteiger charge is -2.13. The van der Waals surface area contributed by atoms with E-state index >= 15 is 0 Å². The molecule has 3 heteroatoms. The van der Waals surface area contributed by atoms with Crippen LogP contribution >= 0.6 is 11.6 Å². The Morgan fingerprint density at radius 3 is 2.76 bits per heavy atom. The number of hydrogen-bond acceptors (Lipinski definition) is 2. The first kappa shape index (κ1) is 11.0. The fraction of sp³-hybridized carbons (Fsp3) is 0.357. The van der Waals surface area contributed by atoms with Crippen LogP contribution in [-0.2, 0) is 6.42 Å². The molecule has 0 amide bonds. The van der Waals surface area contributed by atoms with Gasteiger partial charge in [0.05, 0.1) is 5.52 Å². The number of aliphatic hydroxyl groups is 1. The molecule has 0 aliphatic heterocycles. The summed E-state index contributed by atoms with van der Waals surface area (Å²) in [6, 6.07) is 10.1. The van der Waals surface area contributed by atoms with Gasteiger partial charge < -0.3 is 5.11 Å². The standard InChI is InChI=1S/C14H14ClNO/c15-13-11(8-14(9-17)5-6-14)7-10-3-1-2-4-12(10)16-13/h1-4,7,17H,5-6,8-9H2. The number of fused-ring (bicyclic) bond motifs is 1. The summed E-state index contributed by atoms with van der Waals surface area (Å²) in [6.07, 6.45) is 3.01. The third-order valence-corrected chi connectivity index (χ3v) is 3.94. The van der Waals surface area contributed by atoms with E-state index in [1.165, 1.54) is 0 Å². The monoisotopic (exact) mass is 247 g/mol. The summed E-state index contributed by atoms with van der Waals surface area (Å²) in [7, 11) is 0. The smallest absolute Gasteiger partial charge is 0.132 e. The molecule has 1 aromatic heterocycles. The number of para-hydroxylation sites is 1. The highest BCUT2D eigenvalue weighted by molar-refractivity contribution is 6.30. The molecule has 17 heavy (non-hydrogen) atoms. The maximum Gasteiger partial charge on any atom is 0.132 e. The average molecular weight is 248 g/mol. The summed E-state index contributed by atoms with van der Waals surface area (Å²) in [5, 5.41) is 11.0. The van der Waals surface area contributed by atoms with Gasteiger partial charge in [-0.1, -0.05) is 29.8 Å². The lowest BCUT2D eigenvalue weighted by molar-refractivity contribution is 0.211. The summed E-state index contributed by atoms with van der Waals surface area (Å²) in [4.78, 5) is 4.41. The molecule has 1 N–H and O–H groups in total. The number of benzene rings is 1. The SMILES string of the molecule is OCC1(Cc2cc3ccccc3nc2Cl)CC1. The van der Waals surface area contributed by atoms with Crippen LogP contribution in [0, 0.1) is 5.41 Å². The van der Waals surface area contributed by atoms with E-state index in [4.69, 9.17) is 11.6 Å². The summed E-state index contributed by atoms with van der Waals surface area (Å²) in [6.45, 7) is 0.246. The van der Waals surface area contributed by atoms with Crippen LogP contribution in [0.2, 0.25) is 5.15 Å². The predicted octanol–water partition coefficient (Wildman–Crippen LogP) is 3.20. The fourth-order valence-electron chi connectivity index (χ4n) is 2.23. The molecule has 1 aliphatic carbocycles. The largest absolute Gasteiger partial charge is 0.396 e. The number of aliphatic hydroxyl groups excluding tert-OH is 1. The van der Waals surface area contributed by atoms with Crippen LogP contribution in [-0.4, -0.2) is 16.7 Å². The Balaban J connectivity index is 2.01. The Kier molecular flexibility index (Phi) is 2.57. The van der Waals surface area contributed by atoms with Gasteiger partial charge in [-0.3, -0.25) is 0 Å². The van der Waals surface area contributed by atoms with E-state index in [1.807, 2.05) is 24.3 Å². The molecule has 1 fully saturated rings. The summed E-state index contributed by atoms with van der Waals surface area (Å²) < 4.78 is 0. The van der Waals surface area contributed by atoms with Gasteiger partial charge in [0, 0.05) is 12.0 Å². The van der Waals surface area contributed by atoms with Crippen molar-refractivity contribution in [2.24, 2.45) is 5.41 Å². The molecule has 1 saturated carbocycles. The molecule has 2 aromatic rings. The molecule has 1 aromatic carbocycles. The molecule has 88 valence electrons. The van der Waals surface area contributed by atoms with Crippen molar-refractivity contribution in [2.75, 3.05) is 6.61 Å². The summed E-state index contributed by atoms with van der Waals surface area (Å²) in [5.74, 6) is 0. The van der Waals surface area contributed by atoms with Gasteiger partial charge in [0.2, 0.25) is 0 Å². The lowest BCUT2D eigenvalue weighted by Crippen LogP contribution is -2.10. The molecule has 0 atom stereocenters. The van der Waals surface area contributed by atoms with Crippen LogP contribution in [0.4, 0.5) is 0 Å². The molecule has 2 nitrogen and oxygen atoms in total. The van der Waals surface area contributed by atoms with Crippen molar-refractivity contribution in [1.29, 1.82) is 0 Å². The molecule has 0 saturated heterocycles. The van der Waals surface area contributed by atoms with Crippen molar-refractivity contribution >= 4 is 22.5 Å². The number of aromatic nitrogens is 1. The first-order valence-corrected chi connectivity index (χ1v) is 6.25. The van der Waals surface area contributed by atoms with Crippen LogP contribution in [0.25, 0.3) is 10.9 Å². The maximum atomic E-state index is 9.36. The highest BCUT2D eigenvalue weighted by Gasteiger charge is 2.42. The van der Waals surface area contributed by atoms with E-state index in [0.717, 1.165) is 35.7 Å². The second kappa shape index (κ2) is 3.97. The molecule has 3 rings (SSSR count). The number of halogens is 1. The highest BCUT2D eigenvalue weighted by atomic mass is 35.5. The van der Waals surface area contributed by atoms with Gasteiger partial charge in [0.25, 0.3) is 0 Å². The van der Waals surface area contributed by atoms with Crippen molar-refractivity contribution in [3.8, 4) is 0 Å². The minimum atomic E-state index is 0.0772. The van der Waals surface area contributed by atoms with Crippen molar-refractivity contribution < 1.29 is 5.11 Å². The zero-order valence-electron chi connectivity index (χ0n) is 9.49. The van der Waals surface area contributed by atoms with Crippen LogP contribution in [0.1, 0.15) is 18.4 Å². The van der Waals surface area contributed by atoms with Gasteiger partial charge in [-0.15, -0.1) is 0 Å². The summed E-state index contributed by atoms with van der Waals surface area (Å²) in [5.41, 5.74) is 2.06. The van der Waals surface area contributed by atoms with Crippen LogP contribution < -0.4 is 0 Å². The van der Waals surface area contributed by atoms with Crippen molar-refractivity contribution in [2.45, 2.75) is 19.3 Å². The predicted molar refractivity (Wildman–Crippen MR) is 69.2 cm³/mol. The fourth-order valence-corrected chi connectivity index (χ4v) is 2.44. The van der Waals surface area contributed by atoms with E-state index in [2.05, 4.69) is 11.1 Å². The van der Waals surface area contributed by atoms with Crippen LogP contribution in [0.5, 0.6) is 0 Å². The zero-order chi connectivity index (χ0) is 11.9. The highest BCUT2D eigenvalue weighted by Crippen LogP contribution is 2.48. The Morgan fingerprint density at radius 2 is 2.06 bits per heavy atom. The molecule has 1 heterocycles. The van der Waals surface area contributed by atoms with E-state index in [1.54, 1.807) is 0 Å². The van der Waals surface area contributed by atoms with E-state index < -0.39 is 0 Å². The van der Waals surface area contributed by atoms with E-state index in [0.29, 0.717) is 5.15 Å². The zero-order valence-corrected chi connectivity index (χ0v) is 10.2. The maximum absolute atomic E-state index is 9.36. The number of pyridine rings is 1. The Bertz CT molecular complexity index is 563. The van der Waals surface area contributed by atoms with E-state index in [-0.39, 0.29) is 12.0 Å². The molecule has 1 aliphatic rings. The quantitative estimate of drug-likeness (QED) is 0.845. The Morgan fingerprint density at radius 1 is 1.29 bits per heavy atom.